The van der Waals surface area contributed by atoms with Crippen LogP contribution in [0.3, 0.4) is 0 Å². The number of rotatable bonds is 4. The van der Waals surface area contributed by atoms with E-state index in [-0.39, 0.29) is 11.4 Å². The summed E-state index contributed by atoms with van der Waals surface area (Å²) in [7, 11) is -3.34. The second kappa shape index (κ2) is 3.97. The van der Waals surface area contributed by atoms with Gasteiger partial charge in [-0.05, 0) is 42.9 Å². The summed E-state index contributed by atoms with van der Waals surface area (Å²) in [5, 5.41) is 9.52. The first-order valence-electron chi connectivity index (χ1n) is 5.24. The smallest absolute Gasteiger partial charge is 0.229 e. The molecule has 1 aromatic rings. The Kier molecular flexibility index (Phi) is 2.80. The predicted octanol–water partition coefficient (Wildman–Crippen LogP) is 1.72. The van der Waals surface area contributed by atoms with Crippen LogP contribution in [-0.4, -0.2) is 19.8 Å². The maximum Gasteiger partial charge on any atom is 0.229 e. The average Bonchev–Trinajstić information content (AvgIpc) is 2.92. The van der Waals surface area contributed by atoms with Crippen LogP contribution in [0.15, 0.2) is 18.2 Å². The van der Waals surface area contributed by atoms with E-state index in [9.17, 15) is 13.5 Å². The summed E-state index contributed by atoms with van der Waals surface area (Å²) in [4.78, 5) is 0. The van der Waals surface area contributed by atoms with Gasteiger partial charge in [0.2, 0.25) is 10.0 Å². The minimum atomic E-state index is -3.34. The molecule has 1 saturated carbocycles. The SMILES string of the molecule is CS(=O)(=O)Nc1cc(CC2CC2)ccc1O. The van der Waals surface area contributed by atoms with Crippen LogP contribution < -0.4 is 4.72 Å². The molecule has 88 valence electrons. The Morgan fingerprint density at radius 1 is 1.44 bits per heavy atom. The average molecular weight is 241 g/mol. The molecule has 1 aromatic carbocycles. The number of phenols is 1. The molecule has 4 nitrogen and oxygen atoms in total. The van der Waals surface area contributed by atoms with Crippen molar-refractivity contribution < 1.29 is 13.5 Å². The van der Waals surface area contributed by atoms with Gasteiger partial charge < -0.3 is 5.11 Å². The molecule has 1 fully saturated rings. The molecule has 0 saturated heterocycles. The number of phenolic OH excluding ortho intramolecular Hbond substituents is 1. The van der Waals surface area contributed by atoms with Gasteiger partial charge in [-0.2, -0.15) is 0 Å². The third kappa shape index (κ3) is 3.13. The Balaban J connectivity index is 2.21. The second-order valence-electron chi connectivity index (χ2n) is 4.37. The van der Waals surface area contributed by atoms with Gasteiger partial charge in [0.25, 0.3) is 0 Å². The highest BCUT2D eigenvalue weighted by molar-refractivity contribution is 7.92. The zero-order chi connectivity index (χ0) is 11.8. The van der Waals surface area contributed by atoms with E-state index < -0.39 is 10.0 Å². The minimum absolute atomic E-state index is 0.0371. The zero-order valence-electron chi connectivity index (χ0n) is 9.10. The van der Waals surface area contributed by atoms with Gasteiger partial charge in [-0.3, -0.25) is 4.72 Å². The summed E-state index contributed by atoms with van der Waals surface area (Å²) >= 11 is 0. The summed E-state index contributed by atoms with van der Waals surface area (Å²) in [6, 6.07) is 5.07. The Bertz CT molecular complexity index is 492. The second-order valence-corrected chi connectivity index (χ2v) is 6.12. The summed E-state index contributed by atoms with van der Waals surface area (Å²) in [6.07, 6.45) is 4.52. The summed E-state index contributed by atoms with van der Waals surface area (Å²) < 4.78 is 24.5. The van der Waals surface area contributed by atoms with Crippen LogP contribution in [0.25, 0.3) is 0 Å². The van der Waals surface area contributed by atoms with Gasteiger partial charge in [-0.25, -0.2) is 8.42 Å². The fourth-order valence-corrected chi connectivity index (χ4v) is 2.21. The van der Waals surface area contributed by atoms with E-state index in [1.54, 1.807) is 6.07 Å². The number of sulfonamides is 1. The number of benzene rings is 1. The molecule has 16 heavy (non-hydrogen) atoms. The predicted molar refractivity (Wildman–Crippen MR) is 63.0 cm³/mol. The molecule has 2 N–H and O–H groups in total. The van der Waals surface area contributed by atoms with Crippen molar-refractivity contribution in [1.82, 2.24) is 0 Å². The Hall–Kier alpha value is -1.23. The molecule has 0 amide bonds. The van der Waals surface area contributed by atoms with Crippen molar-refractivity contribution in [2.45, 2.75) is 19.3 Å². The van der Waals surface area contributed by atoms with Crippen LogP contribution >= 0.6 is 0 Å². The summed E-state index contributed by atoms with van der Waals surface area (Å²) in [5.41, 5.74) is 1.33. The van der Waals surface area contributed by atoms with E-state index in [0.717, 1.165) is 24.2 Å². The molecule has 0 atom stereocenters. The highest BCUT2D eigenvalue weighted by Crippen LogP contribution is 2.34. The van der Waals surface area contributed by atoms with Crippen molar-refractivity contribution in [1.29, 1.82) is 0 Å². The topological polar surface area (TPSA) is 66.4 Å². The van der Waals surface area contributed by atoms with E-state index in [1.807, 2.05) is 6.07 Å². The van der Waals surface area contributed by atoms with E-state index in [2.05, 4.69) is 4.72 Å². The van der Waals surface area contributed by atoms with Gasteiger partial charge in [0.1, 0.15) is 5.75 Å². The third-order valence-corrected chi connectivity index (χ3v) is 3.17. The fourth-order valence-electron chi connectivity index (χ4n) is 1.65. The van der Waals surface area contributed by atoms with Crippen LogP contribution in [-0.2, 0) is 16.4 Å². The molecular formula is C11H15NO3S. The molecule has 5 heteroatoms. The maximum atomic E-state index is 11.1. The number of anilines is 1. The van der Waals surface area contributed by atoms with Gasteiger partial charge in [-0.15, -0.1) is 0 Å². The monoisotopic (exact) mass is 241 g/mol. The Morgan fingerprint density at radius 3 is 2.69 bits per heavy atom. The van der Waals surface area contributed by atoms with Crippen LogP contribution in [0.5, 0.6) is 5.75 Å². The number of nitrogens with one attached hydrogen (secondary N) is 1. The van der Waals surface area contributed by atoms with Gasteiger partial charge in [-0.1, -0.05) is 6.07 Å². The molecule has 0 unspecified atom stereocenters. The van der Waals surface area contributed by atoms with Crippen molar-refractivity contribution in [3.05, 3.63) is 23.8 Å². The highest BCUT2D eigenvalue weighted by Gasteiger charge is 2.21. The van der Waals surface area contributed by atoms with Gasteiger partial charge in [0.15, 0.2) is 0 Å². The lowest BCUT2D eigenvalue weighted by molar-refractivity contribution is 0.477. The molecule has 1 aliphatic carbocycles. The molecule has 0 radical (unpaired) electrons. The fraction of sp³-hybridized carbons (Fsp3) is 0.455. The van der Waals surface area contributed by atoms with E-state index in [0.29, 0.717) is 0 Å². The lowest BCUT2D eigenvalue weighted by atomic mass is 10.1. The molecule has 2 rings (SSSR count). The number of hydrogen-bond donors (Lipinski definition) is 2. The number of aromatic hydroxyl groups is 1. The van der Waals surface area contributed by atoms with Crippen LogP contribution in [0.2, 0.25) is 0 Å². The van der Waals surface area contributed by atoms with Crippen molar-refractivity contribution in [2.24, 2.45) is 5.92 Å². The van der Waals surface area contributed by atoms with Crippen molar-refractivity contribution >= 4 is 15.7 Å². The first-order valence-corrected chi connectivity index (χ1v) is 7.13. The highest BCUT2D eigenvalue weighted by atomic mass is 32.2. The first-order chi connectivity index (χ1) is 7.44. The Morgan fingerprint density at radius 2 is 2.12 bits per heavy atom. The summed E-state index contributed by atoms with van der Waals surface area (Å²) in [5.74, 6) is 0.695. The van der Waals surface area contributed by atoms with Crippen LogP contribution in [0.1, 0.15) is 18.4 Å². The molecule has 0 bridgehead atoms. The lowest BCUT2D eigenvalue weighted by Gasteiger charge is -2.08. The van der Waals surface area contributed by atoms with Crippen LogP contribution in [0.4, 0.5) is 5.69 Å². The van der Waals surface area contributed by atoms with Crippen molar-refractivity contribution in [3.8, 4) is 5.75 Å². The van der Waals surface area contributed by atoms with Crippen molar-refractivity contribution in [3.63, 3.8) is 0 Å². The lowest BCUT2D eigenvalue weighted by Crippen LogP contribution is -2.10. The molecule has 0 aliphatic heterocycles. The molecule has 0 spiro atoms. The van der Waals surface area contributed by atoms with Gasteiger partial charge in [0, 0.05) is 0 Å². The van der Waals surface area contributed by atoms with Crippen LogP contribution in [0, 0.1) is 5.92 Å². The normalized spacial score (nSPS) is 16.1. The quantitative estimate of drug-likeness (QED) is 0.789. The molecular weight excluding hydrogens is 226 g/mol. The van der Waals surface area contributed by atoms with Crippen molar-refractivity contribution in [2.75, 3.05) is 11.0 Å². The largest absolute Gasteiger partial charge is 0.506 e. The standard InChI is InChI=1S/C11H15NO3S/c1-16(14,15)12-10-7-9(4-5-11(10)13)6-8-2-3-8/h4-5,7-8,12-13H,2-3,6H2,1H3. The molecule has 0 aromatic heterocycles. The number of hydrogen-bond acceptors (Lipinski definition) is 3. The molecule has 1 aliphatic rings. The van der Waals surface area contributed by atoms with E-state index in [1.165, 1.54) is 18.9 Å². The molecule has 0 heterocycles. The van der Waals surface area contributed by atoms with Gasteiger partial charge in [0.05, 0.1) is 11.9 Å². The minimum Gasteiger partial charge on any atom is -0.506 e. The van der Waals surface area contributed by atoms with Gasteiger partial charge >= 0.3 is 0 Å². The Labute approximate surface area is 95.4 Å². The summed E-state index contributed by atoms with van der Waals surface area (Å²) in [6.45, 7) is 0. The first kappa shape index (κ1) is 11.3. The van der Waals surface area contributed by atoms with E-state index in [4.69, 9.17) is 0 Å². The van der Waals surface area contributed by atoms with E-state index >= 15 is 0 Å². The zero-order valence-corrected chi connectivity index (χ0v) is 9.92. The third-order valence-electron chi connectivity index (χ3n) is 2.58. The maximum absolute atomic E-state index is 11.1.